The van der Waals surface area contributed by atoms with Crippen molar-refractivity contribution < 1.29 is 5.11 Å². The van der Waals surface area contributed by atoms with Crippen LogP contribution in [0.25, 0.3) is 0 Å². The molecule has 13 heavy (non-hydrogen) atoms. The average Bonchev–Trinajstić information content (AvgIpc) is 2.11. The predicted octanol–water partition coefficient (Wildman–Crippen LogP) is 2.14. The Balaban J connectivity index is 2.81. The highest BCUT2D eigenvalue weighted by atomic mass is 79.9. The lowest BCUT2D eigenvalue weighted by Gasteiger charge is -2.14. The normalized spacial score (nSPS) is 10.8. The van der Waals surface area contributed by atoms with Gasteiger partial charge in [0.05, 0.1) is 6.73 Å². The van der Waals surface area contributed by atoms with Crippen molar-refractivity contribution in [2.45, 2.75) is 13.5 Å². The van der Waals surface area contributed by atoms with E-state index in [0.29, 0.717) is 0 Å². The molecule has 0 radical (unpaired) electrons. The van der Waals surface area contributed by atoms with Gasteiger partial charge in [-0.15, -0.1) is 0 Å². The van der Waals surface area contributed by atoms with Crippen LogP contribution in [0.2, 0.25) is 0 Å². The van der Waals surface area contributed by atoms with Crippen molar-refractivity contribution in [2.24, 2.45) is 0 Å². The van der Waals surface area contributed by atoms with Gasteiger partial charge in [-0.1, -0.05) is 22.0 Å². The molecule has 0 aliphatic rings. The molecule has 1 aromatic carbocycles. The smallest absolute Gasteiger partial charge is 0.0956 e. The molecule has 0 aromatic heterocycles. The van der Waals surface area contributed by atoms with Crippen molar-refractivity contribution in [3.05, 3.63) is 33.8 Å². The van der Waals surface area contributed by atoms with E-state index < -0.39 is 0 Å². The lowest BCUT2D eigenvalue weighted by molar-refractivity contribution is 0.127. The van der Waals surface area contributed by atoms with E-state index in [4.69, 9.17) is 5.11 Å². The summed E-state index contributed by atoms with van der Waals surface area (Å²) in [4.78, 5) is 1.86. The number of aliphatic hydroxyl groups excluding tert-OH is 1. The molecule has 0 atom stereocenters. The Kier molecular flexibility index (Phi) is 3.90. The van der Waals surface area contributed by atoms with Gasteiger partial charge in [0.25, 0.3) is 0 Å². The van der Waals surface area contributed by atoms with E-state index >= 15 is 0 Å². The Morgan fingerprint density at radius 1 is 1.46 bits per heavy atom. The van der Waals surface area contributed by atoms with Crippen LogP contribution in [-0.2, 0) is 6.54 Å². The summed E-state index contributed by atoms with van der Waals surface area (Å²) in [6.45, 7) is 2.95. The number of nitrogens with zero attached hydrogens (tertiary/aromatic N) is 1. The van der Waals surface area contributed by atoms with E-state index in [9.17, 15) is 0 Å². The first-order valence-electron chi connectivity index (χ1n) is 4.18. The Labute approximate surface area is 87.3 Å². The summed E-state index contributed by atoms with van der Waals surface area (Å²) in [5.74, 6) is 0. The van der Waals surface area contributed by atoms with E-state index in [0.717, 1.165) is 11.0 Å². The largest absolute Gasteiger partial charge is 0.381 e. The molecule has 1 aromatic rings. The highest BCUT2D eigenvalue weighted by Crippen LogP contribution is 2.16. The quantitative estimate of drug-likeness (QED) is 0.823. The van der Waals surface area contributed by atoms with Gasteiger partial charge in [-0.3, -0.25) is 4.90 Å². The molecule has 0 unspecified atom stereocenters. The number of hydrogen-bond acceptors (Lipinski definition) is 2. The number of halogens is 1. The fraction of sp³-hybridized carbons (Fsp3) is 0.400. The molecule has 0 saturated heterocycles. The minimum atomic E-state index is 0.0892. The molecule has 0 amide bonds. The zero-order chi connectivity index (χ0) is 9.84. The predicted molar refractivity (Wildman–Crippen MR) is 57.4 cm³/mol. The van der Waals surface area contributed by atoms with Gasteiger partial charge in [-0.2, -0.15) is 0 Å². The van der Waals surface area contributed by atoms with Crippen molar-refractivity contribution in [3.63, 3.8) is 0 Å². The maximum atomic E-state index is 8.87. The molecular formula is C10H14BrNO. The topological polar surface area (TPSA) is 23.5 Å². The molecule has 3 heteroatoms. The third-order valence-electron chi connectivity index (χ3n) is 1.99. The van der Waals surface area contributed by atoms with Crippen LogP contribution < -0.4 is 0 Å². The third kappa shape index (κ3) is 3.10. The molecular weight excluding hydrogens is 230 g/mol. The molecule has 0 saturated carbocycles. The van der Waals surface area contributed by atoms with E-state index in [1.54, 1.807) is 0 Å². The molecule has 2 nitrogen and oxygen atoms in total. The van der Waals surface area contributed by atoms with Gasteiger partial charge in [0, 0.05) is 11.0 Å². The minimum absolute atomic E-state index is 0.0892. The van der Waals surface area contributed by atoms with Gasteiger partial charge in [0.15, 0.2) is 0 Å². The summed E-state index contributed by atoms with van der Waals surface area (Å²) in [6.07, 6.45) is 0. The second kappa shape index (κ2) is 4.74. The first kappa shape index (κ1) is 10.7. The van der Waals surface area contributed by atoms with Crippen molar-refractivity contribution in [1.29, 1.82) is 0 Å². The van der Waals surface area contributed by atoms with E-state index in [2.05, 4.69) is 35.0 Å². The van der Waals surface area contributed by atoms with Crippen LogP contribution >= 0.6 is 15.9 Å². The van der Waals surface area contributed by atoms with Crippen LogP contribution in [0.3, 0.4) is 0 Å². The van der Waals surface area contributed by atoms with Gasteiger partial charge in [-0.25, -0.2) is 0 Å². The number of benzene rings is 1. The Morgan fingerprint density at radius 2 is 2.15 bits per heavy atom. The lowest BCUT2D eigenvalue weighted by atomic mass is 10.1. The summed E-state index contributed by atoms with van der Waals surface area (Å²) >= 11 is 3.43. The van der Waals surface area contributed by atoms with Gasteiger partial charge in [0.2, 0.25) is 0 Å². The molecule has 1 rings (SSSR count). The fourth-order valence-corrected chi connectivity index (χ4v) is 1.56. The van der Waals surface area contributed by atoms with Crippen molar-refractivity contribution in [1.82, 2.24) is 4.90 Å². The molecule has 0 aliphatic carbocycles. The molecule has 0 spiro atoms. The van der Waals surface area contributed by atoms with Crippen LogP contribution in [0, 0.1) is 6.92 Å². The number of aryl methyl sites for hydroxylation is 1. The van der Waals surface area contributed by atoms with Gasteiger partial charge < -0.3 is 5.11 Å². The monoisotopic (exact) mass is 243 g/mol. The summed E-state index contributed by atoms with van der Waals surface area (Å²) in [7, 11) is 1.89. The second-order valence-corrected chi connectivity index (χ2v) is 4.14. The number of aliphatic hydroxyl groups is 1. The molecule has 0 bridgehead atoms. The Morgan fingerprint density at radius 3 is 2.77 bits per heavy atom. The molecule has 1 N–H and O–H groups in total. The van der Waals surface area contributed by atoms with Crippen molar-refractivity contribution >= 4 is 15.9 Å². The van der Waals surface area contributed by atoms with Crippen LogP contribution in [0.4, 0.5) is 0 Å². The van der Waals surface area contributed by atoms with Crippen LogP contribution in [0.15, 0.2) is 22.7 Å². The summed E-state index contributed by atoms with van der Waals surface area (Å²) < 4.78 is 1.08. The summed E-state index contributed by atoms with van der Waals surface area (Å²) in [5, 5.41) is 8.87. The summed E-state index contributed by atoms with van der Waals surface area (Å²) in [6, 6.07) is 6.18. The number of rotatable bonds is 3. The molecule has 0 aliphatic heterocycles. The number of hydrogen-bond donors (Lipinski definition) is 1. The minimum Gasteiger partial charge on any atom is -0.381 e. The second-order valence-electron chi connectivity index (χ2n) is 3.23. The Bertz CT molecular complexity index is 288. The maximum absolute atomic E-state index is 8.87. The third-order valence-corrected chi connectivity index (χ3v) is 2.49. The highest BCUT2D eigenvalue weighted by Gasteiger charge is 2.02. The summed E-state index contributed by atoms with van der Waals surface area (Å²) in [5.41, 5.74) is 2.49. The maximum Gasteiger partial charge on any atom is 0.0956 e. The van der Waals surface area contributed by atoms with Crippen molar-refractivity contribution in [3.8, 4) is 0 Å². The van der Waals surface area contributed by atoms with Crippen LogP contribution in [-0.4, -0.2) is 23.8 Å². The first-order valence-corrected chi connectivity index (χ1v) is 4.97. The molecule has 72 valence electrons. The SMILES string of the molecule is Cc1ccc(Br)cc1CN(C)CO. The highest BCUT2D eigenvalue weighted by molar-refractivity contribution is 9.10. The zero-order valence-corrected chi connectivity index (χ0v) is 9.50. The fourth-order valence-electron chi connectivity index (χ4n) is 1.15. The van der Waals surface area contributed by atoms with E-state index in [-0.39, 0.29) is 6.73 Å². The molecule has 0 heterocycles. The van der Waals surface area contributed by atoms with E-state index in [1.807, 2.05) is 18.0 Å². The lowest BCUT2D eigenvalue weighted by Crippen LogP contribution is -2.18. The van der Waals surface area contributed by atoms with Gasteiger partial charge in [-0.05, 0) is 37.2 Å². The van der Waals surface area contributed by atoms with Gasteiger partial charge in [0.1, 0.15) is 0 Å². The van der Waals surface area contributed by atoms with E-state index in [1.165, 1.54) is 11.1 Å². The van der Waals surface area contributed by atoms with Crippen LogP contribution in [0.5, 0.6) is 0 Å². The molecule has 0 fully saturated rings. The van der Waals surface area contributed by atoms with Crippen molar-refractivity contribution in [2.75, 3.05) is 13.8 Å². The average molecular weight is 244 g/mol. The first-order chi connectivity index (χ1) is 6.13. The van der Waals surface area contributed by atoms with Crippen LogP contribution in [0.1, 0.15) is 11.1 Å². The Hall–Kier alpha value is -0.380. The van der Waals surface area contributed by atoms with Gasteiger partial charge >= 0.3 is 0 Å². The standard InChI is InChI=1S/C10H14BrNO/c1-8-3-4-10(11)5-9(8)6-12(2)7-13/h3-5,13H,6-7H2,1-2H3. The zero-order valence-electron chi connectivity index (χ0n) is 7.92.